The number of carbonyl (C=O) groups is 1. The van der Waals surface area contributed by atoms with Gasteiger partial charge in [-0.25, -0.2) is 14.5 Å². The van der Waals surface area contributed by atoms with Crippen LogP contribution in [0, 0.1) is 24.2 Å². The summed E-state index contributed by atoms with van der Waals surface area (Å²) in [5.74, 6) is -0.411. The molecule has 5 heterocycles. The maximum absolute atomic E-state index is 13.2. The SMILES string of the molecule is Cc1cn2nc(C3CCCCN3C(=O)c3cccc(C(F)(F)F)n3)cc2nc1N1CC(O)C(C#N)C1. The number of aliphatic hydroxyl groups is 1. The second-order valence-electron chi connectivity index (χ2n) is 9.24. The van der Waals surface area contributed by atoms with Crippen molar-refractivity contribution in [3.63, 3.8) is 0 Å². The predicted octanol–water partition coefficient (Wildman–Crippen LogP) is 3.14. The summed E-state index contributed by atoms with van der Waals surface area (Å²) in [5, 5.41) is 24.0. The zero-order valence-electron chi connectivity index (χ0n) is 19.5. The monoisotopic (exact) mass is 499 g/mol. The second kappa shape index (κ2) is 9.05. The number of fused-ring (bicyclic) bond motifs is 1. The third kappa shape index (κ3) is 4.35. The van der Waals surface area contributed by atoms with Crippen LogP contribution in [-0.4, -0.2) is 61.2 Å². The van der Waals surface area contributed by atoms with E-state index in [1.165, 1.54) is 17.0 Å². The quantitative estimate of drug-likeness (QED) is 0.590. The van der Waals surface area contributed by atoms with Gasteiger partial charge in [-0.1, -0.05) is 6.07 Å². The van der Waals surface area contributed by atoms with E-state index in [1.54, 1.807) is 16.8 Å². The van der Waals surface area contributed by atoms with Gasteiger partial charge in [0, 0.05) is 37.5 Å². The third-order valence-electron chi connectivity index (χ3n) is 6.74. The molecule has 0 radical (unpaired) electrons. The van der Waals surface area contributed by atoms with Crippen LogP contribution >= 0.6 is 0 Å². The number of amides is 1. The minimum atomic E-state index is -4.64. The second-order valence-corrected chi connectivity index (χ2v) is 9.24. The molecule has 0 saturated carbocycles. The molecule has 1 amide bonds. The molecule has 3 aromatic heterocycles. The summed E-state index contributed by atoms with van der Waals surface area (Å²) in [6.07, 6.45) is -1.40. The average molecular weight is 499 g/mol. The lowest BCUT2D eigenvalue weighted by Gasteiger charge is -2.34. The van der Waals surface area contributed by atoms with Crippen LogP contribution in [0.25, 0.3) is 5.65 Å². The van der Waals surface area contributed by atoms with E-state index in [2.05, 4.69) is 16.2 Å². The van der Waals surface area contributed by atoms with Crippen LogP contribution < -0.4 is 4.90 Å². The number of halogens is 3. The molecule has 5 rings (SSSR count). The summed E-state index contributed by atoms with van der Waals surface area (Å²) >= 11 is 0. The van der Waals surface area contributed by atoms with Crippen LogP contribution in [0.2, 0.25) is 0 Å². The molecule has 3 aromatic rings. The van der Waals surface area contributed by atoms with Gasteiger partial charge in [0.05, 0.1) is 29.8 Å². The number of aromatic nitrogens is 4. The summed E-state index contributed by atoms with van der Waals surface area (Å²) in [7, 11) is 0. The molecule has 188 valence electrons. The van der Waals surface area contributed by atoms with E-state index < -0.39 is 35.8 Å². The number of piperidine rings is 1. The Balaban J connectivity index is 1.45. The van der Waals surface area contributed by atoms with Crippen molar-refractivity contribution in [1.29, 1.82) is 5.26 Å². The van der Waals surface area contributed by atoms with Crippen molar-refractivity contribution in [1.82, 2.24) is 24.5 Å². The highest BCUT2D eigenvalue weighted by atomic mass is 19.4. The number of aryl methyl sites for hydroxylation is 1. The number of rotatable bonds is 3. The van der Waals surface area contributed by atoms with Crippen LogP contribution in [0.5, 0.6) is 0 Å². The fourth-order valence-corrected chi connectivity index (χ4v) is 4.93. The van der Waals surface area contributed by atoms with Gasteiger partial charge in [0.1, 0.15) is 17.2 Å². The fraction of sp³-hybridized carbons (Fsp3) is 0.458. The Morgan fingerprint density at radius 1 is 1.22 bits per heavy atom. The first-order valence-electron chi connectivity index (χ1n) is 11.7. The predicted molar refractivity (Wildman–Crippen MR) is 122 cm³/mol. The van der Waals surface area contributed by atoms with Crippen LogP contribution in [0.4, 0.5) is 19.0 Å². The molecular formula is C24H24F3N7O2. The number of β-amino-alcohol motifs (C(OH)–C–C–N with tert-alkyl or cyclic N) is 1. The van der Waals surface area contributed by atoms with Crippen LogP contribution in [0.3, 0.4) is 0 Å². The summed E-state index contributed by atoms with van der Waals surface area (Å²) < 4.78 is 41.0. The molecule has 36 heavy (non-hydrogen) atoms. The maximum atomic E-state index is 13.2. The molecule has 12 heteroatoms. The number of likely N-dealkylation sites (tertiary alicyclic amines) is 1. The van der Waals surface area contributed by atoms with Crippen molar-refractivity contribution >= 4 is 17.4 Å². The van der Waals surface area contributed by atoms with Crippen molar-refractivity contribution in [2.45, 2.75) is 44.5 Å². The molecule has 1 N–H and O–H groups in total. The van der Waals surface area contributed by atoms with Gasteiger partial charge in [-0.3, -0.25) is 4.79 Å². The summed E-state index contributed by atoms with van der Waals surface area (Å²) in [5.41, 5.74) is 0.586. The number of pyridine rings is 1. The van der Waals surface area contributed by atoms with Gasteiger partial charge in [0.15, 0.2) is 5.65 Å². The Bertz CT molecular complexity index is 1350. The molecule has 2 aliphatic rings. The van der Waals surface area contributed by atoms with Gasteiger partial charge in [-0.2, -0.15) is 23.5 Å². The Labute approximate surface area is 204 Å². The van der Waals surface area contributed by atoms with E-state index in [0.717, 1.165) is 24.5 Å². The van der Waals surface area contributed by atoms with Gasteiger partial charge in [0.25, 0.3) is 5.91 Å². The van der Waals surface area contributed by atoms with Crippen molar-refractivity contribution in [3.05, 3.63) is 53.1 Å². The largest absolute Gasteiger partial charge is 0.433 e. The highest BCUT2D eigenvalue weighted by Gasteiger charge is 2.36. The summed E-state index contributed by atoms with van der Waals surface area (Å²) in [6, 6.07) is 6.79. The topological polar surface area (TPSA) is 111 Å². The molecule has 9 nitrogen and oxygen atoms in total. The molecule has 3 atom stereocenters. The van der Waals surface area contributed by atoms with Gasteiger partial charge in [0.2, 0.25) is 0 Å². The van der Waals surface area contributed by atoms with Crippen molar-refractivity contribution in [3.8, 4) is 6.07 Å². The molecule has 0 aliphatic carbocycles. The number of hydrogen-bond acceptors (Lipinski definition) is 7. The first kappa shape index (κ1) is 24.0. The molecular weight excluding hydrogens is 475 g/mol. The van der Waals surface area contributed by atoms with Crippen molar-refractivity contribution in [2.75, 3.05) is 24.5 Å². The molecule has 2 saturated heterocycles. The summed E-state index contributed by atoms with van der Waals surface area (Å²) in [6.45, 7) is 2.93. The molecule has 0 spiro atoms. The normalized spacial score (nSPS) is 22.7. The minimum absolute atomic E-state index is 0.253. The lowest BCUT2D eigenvalue weighted by atomic mass is 9.99. The number of nitriles is 1. The molecule has 3 unspecified atom stereocenters. The van der Waals surface area contributed by atoms with E-state index >= 15 is 0 Å². The van der Waals surface area contributed by atoms with Gasteiger partial charge < -0.3 is 14.9 Å². The van der Waals surface area contributed by atoms with Crippen LogP contribution in [-0.2, 0) is 6.18 Å². The van der Waals surface area contributed by atoms with E-state index in [0.29, 0.717) is 43.2 Å². The number of aliphatic hydroxyl groups excluding tert-OH is 1. The highest BCUT2D eigenvalue weighted by molar-refractivity contribution is 5.92. The van der Waals surface area contributed by atoms with E-state index in [9.17, 15) is 28.3 Å². The first-order chi connectivity index (χ1) is 17.2. The van der Waals surface area contributed by atoms with E-state index in [4.69, 9.17) is 4.98 Å². The molecule has 2 aliphatic heterocycles. The average Bonchev–Trinajstić information content (AvgIpc) is 3.45. The smallest absolute Gasteiger partial charge is 0.390 e. The first-order valence-corrected chi connectivity index (χ1v) is 11.7. The van der Waals surface area contributed by atoms with Crippen molar-refractivity contribution < 1.29 is 23.1 Å². The fourth-order valence-electron chi connectivity index (χ4n) is 4.93. The molecule has 0 bridgehead atoms. The van der Waals surface area contributed by atoms with Gasteiger partial charge in [-0.05, 0) is 38.3 Å². The summed E-state index contributed by atoms with van der Waals surface area (Å²) in [4.78, 5) is 24.9. The number of alkyl halides is 3. The molecule has 2 fully saturated rings. The molecule has 0 aromatic carbocycles. The van der Waals surface area contributed by atoms with Crippen LogP contribution in [0.15, 0.2) is 30.5 Å². The highest BCUT2D eigenvalue weighted by Crippen LogP contribution is 2.34. The van der Waals surface area contributed by atoms with E-state index in [-0.39, 0.29) is 5.69 Å². The van der Waals surface area contributed by atoms with Crippen molar-refractivity contribution in [2.24, 2.45) is 5.92 Å². The zero-order chi connectivity index (χ0) is 25.6. The lowest BCUT2D eigenvalue weighted by Crippen LogP contribution is -2.39. The minimum Gasteiger partial charge on any atom is -0.390 e. The Hall–Kier alpha value is -3.72. The third-order valence-corrected chi connectivity index (χ3v) is 6.74. The Kier molecular flexibility index (Phi) is 6.04. The standard InChI is InChI=1S/C24H24F3N7O2/c1-14-11-34-21(30-22(14)32-12-15(10-28)19(35)13-32)9-17(31-34)18-6-2-3-8-33(18)23(36)16-5-4-7-20(29-16)24(25,26)27/h4-5,7,9,11,15,18-19,35H,2-3,6,8,12-13H2,1H3. The maximum Gasteiger partial charge on any atom is 0.433 e. The van der Waals surface area contributed by atoms with Gasteiger partial charge in [-0.15, -0.1) is 0 Å². The number of anilines is 1. The van der Waals surface area contributed by atoms with Gasteiger partial charge >= 0.3 is 6.18 Å². The number of carbonyl (C=O) groups excluding carboxylic acids is 1. The number of nitrogens with zero attached hydrogens (tertiary/aromatic N) is 7. The Morgan fingerprint density at radius 2 is 2.03 bits per heavy atom. The lowest BCUT2D eigenvalue weighted by molar-refractivity contribution is -0.141. The van der Waals surface area contributed by atoms with Crippen LogP contribution in [0.1, 0.15) is 52.7 Å². The van der Waals surface area contributed by atoms with E-state index in [1.807, 2.05) is 11.8 Å². The zero-order valence-corrected chi connectivity index (χ0v) is 19.5. The Morgan fingerprint density at radius 3 is 2.75 bits per heavy atom. The number of hydrogen-bond donors (Lipinski definition) is 1.